The maximum Gasteiger partial charge on any atom is 0.289 e. The third kappa shape index (κ3) is 5.34. The van der Waals surface area contributed by atoms with Gasteiger partial charge in [-0.2, -0.15) is 11.3 Å². The van der Waals surface area contributed by atoms with Crippen LogP contribution in [0.15, 0.2) is 40.0 Å². The van der Waals surface area contributed by atoms with E-state index in [4.69, 9.17) is 11.5 Å². The zero-order valence-electron chi connectivity index (χ0n) is 18.2. The second-order valence-corrected chi connectivity index (χ2v) is 8.99. The molecule has 2 atom stereocenters. The number of hydrogen-bond acceptors (Lipinski definition) is 6. The highest BCUT2D eigenvalue weighted by molar-refractivity contribution is 7.07. The Morgan fingerprint density at radius 1 is 1.22 bits per heavy atom. The molecule has 0 unspecified atom stereocenters. The van der Waals surface area contributed by atoms with Gasteiger partial charge in [0.05, 0.1) is 17.6 Å². The topological polar surface area (TPSA) is 131 Å². The van der Waals surface area contributed by atoms with Crippen LogP contribution < -0.4 is 22.1 Å². The molecule has 0 spiro atoms. The summed E-state index contributed by atoms with van der Waals surface area (Å²) >= 11 is 1.65. The van der Waals surface area contributed by atoms with Crippen LogP contribution in [-0.4, -0.2) is 40.5 Å². The Kier molecular flexibility index (Phi) is 6.84. The number of amides is 1. The van der Waals surface area contributed by atoms with E-state index >= 15 is 0 Å². The van der Waals surface area contributed by atoms with Crippen LogP contribution in [0.3, 0.4) is 0 Å². The lowest BCUT2D eigenvalue weighted by Gasteiger charge is -2.30. The highest BCUT2D eigenvalue weighted by Gasteiger charge is 2.26. The summed E-state index contributed by atoms with van der Waals surface area (Å²) in [5.41, 5.74) is 14.3. The number of thiophene rings is 1. The van der Waals surface area contributed by atoms with Crippen LogP contribution >= 0.6 is 11.3 Å². The maximum absolute atomic E-state index is 12.8. The summed E-state index contributed by atoms with van der Waals surface area (Å²) in [6.45, 7) is 2.56. The second kappa shape index (κ2) is 9.95. The number of guanidine groups is 1. The first-order valence-corrected chi connectivity index (χ1v) is 11.9. The summed E-state index contributed by atoms with van der Waals surface area (Å²) < 4.78 is 0. The first-order chi connectivity index (χ1) is 15.5. The van der Waals surface area contributed by atoms with Gasteiger partial charge in [-0.3, -0.25) is 4.79 Å². The number of fused-ring (bicyclic) bond motifs is 1. The molecule has 1 fully saturated rings. The van der Waals surface area contributed by atoms with E-state index in [1.54, 1.807) is 11.3 Å². The molecule has 6 N–H and O–H groups in total. The van der Waals surface area contributed by atoms with Crippen LogP contribution in [0.4, 0.5) is 5.82 Å². The molecule has 1 aliphatic carbocycles. The predicted molar refractivity (Wildman–Crippen MR) is 130 cm³/mol. The lowest BCUT2D eigenvalue weighted by atomic mass is 9.90. The first kappa shape index (κ1) is 22.0. The van der Waals surface area contributed by atoms with E-state index in [1.165, 1.54) is 5.56 Å². The molecule has 0 bridgehead atoms. The third-order valence-electron chi connectivity index (χ3n) is 5.70. The zero-order chi connectivity index (χ0) is 22.5. The lowest BCUT2D eigenvalue weighted by molar-refractivity contribution is 0.0944. The number of hydrogen-bond donors (Lipinski definition) is 4. The number of anilines is 1. The van der Waals surface area contributed by atoms with Gasteiger partial charge in [-0.1, -0.05) is 24.5 Å². The first-order valence-electron chi connectivity index (χ1n) is 10.9. The predicted octanol–water partition coefficient (Wildman–Crippen LogP) is 2.97. The van der Waals surface area contributed by atoms with E-state index in [0.29, 0.717) is 12.4 Å². The van der Waals surface area contributed by atoms with Gasteiger partial charge in [0.15, 0.2) is 5.96 Å². The molecular formula is C23H29N7OS. The Labute approximate surface area is 191 Å². The lowest BCUT2D eigenvalue weighted by Crippen LogP contribution is -2.38. The molecule has 9 heteroatoms. The SMILES string of the molecule is Cc1ccc2nc(C(=O)NCCc3ccsc3)nc(N[C@H]3CCCC[C@H]3N=C(N)N)c2c1. The fourth-order valence-electron chi connectivity index (χ4n) is 4.09. The highest BCUT2D eigenvalue weighted by atomic mass is 32.1. The van der Waals surface area contributed by atoms with Gasteiger partial charge >= 0.3 is 0 Å². The van der Waals surface area contributed by atoms with Crippen molar-refractivity contribution in [3.63, 3.8) is 0 Å². The number of aliphatic imine (C=N–C) groups is 1. The number of nitrogens with two attached hydrogens (primary N) is 2. The van der Waals surface area contributed by atoms with Crippen LogP contribution in [0.2, 0.25) is 0 Å². The normalized spacial score (nSPS) is 18.3. The number of benzene rings is 1. The van der Waals surface area contributed by atoms with Gasteiger partial charge in [0.1, 0.15) is 5.82 Å². The zero-order valence-corrected chi connectivity index (χ0v) is 19.0. The molecule has 2 heterocycles. The summed E-state index contributed by atoms with van der Waals surface area (Å²) in [4.78, 5) is 26.4. The van der Waals surface area contributed by atoms with Crippen molar-refractivity contribution in [1.82, 2.24) is 15.3 Å². The Morgan fingerprint density at radius 2 is 2.06 bits per heavy atom. The molecule has 0 saturated heterocycles. The fourth-order valence-corrected chi connectivity index (χ4v) is 4.79. The monoisotopic (exact) mass is 451 g/mol. The molecule has 3 aromatic rings. The quantitative estimate of drug-likeness (QED) is 0.323. The molecule has 4 rings (SSSR count). The van der Waals surface area contributed by atoms with Crippen LogP contribution in [0.25, 0.3) is 10.9 Å². The highest BCUT2D eigenvalue weighted by Crippen LogP contribution is 2.28. The van der Waals surface area contributed by atoms with Crippen molar-refractivity contribution in [3.05, 3.63) is 52.0 Å². The number of nitrogens with zero attached hydrogens (tertiary/aromatic N) is 3. The van der Waals surface area contributed by atoms with E-state index < -0.39 is 0 Å². The van der Waals surface area contributed by atoms with Crippen molar-refractivity contribution in [3.8, 4) is 0 Å². The molecule has 0 aliphatic heterocycles. The Hall–Kier alpha value is -3.20. The largest absolute Gasteiger partial charge is 0.370 e. The second-order valence-electron chi connectivity index (χ2n) is 8.21. The molecule has 1 aromatic carbocycles. The van der Waals surface area contributed by atoms with Gasteiger partial charge < -0.3 is 22.1 Å². The van der Waals surface area contributed by atoms with Gasteiger partial charge in [0.25, 0.3) is 5.91 Å². The van der Waals surface area contributed by atoms with Gasteiger partial charge in [-0.05, 0) is 60.7 Å². The van der Waals surface area contributed by atoms with Crippen molar-refractivity contribution < 1.29 is 4.79 Å². The fraction of sp³-hybridized carbons (Fsp3) is 0.391. The van der Waals surface area contributed by atoms with E-state index in [0.717, 1.165) is 48.6 Å². The number of aryl methyl sites for hydroxylation is 1. The standard InChI is InChI=1S/C23H29N7OS/c1-14-6-7-17-16(12-14)20(28-18-4-2-3-5-19(18)29-23(24)25)30-21(27-17)22(31)26-10-8-15-9-11-32-13-15/h6-7,9,11-13,18-19H,2-5,8,10H2,1H3,(H,26,31)(H4,24,25,29)(H,27,28,30)/t18-,19+/m0/s1. The van der Waals surface area contributed by atoms with Crippen molar-refractivity contribution in [1.29, 1.82) is 0 Å². The average Bonchev–Trinajstić information content (AvgIpc) is 3.28. The van der Waals surface area contributed by atoms with Crippen molar-refractivity contribution in [2.45, 2.75) is 51.1 Å². The van der Waals surface area contributed by atoms with E-state index in [2.05, 4.69) is 37.0 Å². The Morgan fingerprint density at radius 3 is 2.84 bits per heavy atom. The molecule has 8 nitrogen and oxygen atoms in total. The van der Waals surface area contributed by atoms with Gasteiger partial charge in [-0.25, -0.2) is 15.0 Å². The number of carbonyl (C=O) groups is 1. The summed E-state index contributed by atoms with van der Waals surface area (Å²) in [6, 6.07) is 8.03. The van der Waals surface area contributed by atoms with Gasteiger partial charge in [0.2, 0.25) is 5.82 Å². The molecule has 2 aromatic heterocycles. The minimum Gasteiger partial charge on any atom is -0.370 e. The Bertz CT molecular complexity index is 1110. The van der Waals surface area contributed by atoms with E-state index in [9.17, 15) is 4.79 Å². The molecular weight excluding hydrogens is 422 g/mol. The molecule has 0 radical (unpaired) electrons. The maximum atomic E-state index is 12.8. The van der Waals surface area contributed by atoms with E-state index in [-0.39, 0.29) is 29.8 Å². The van der Waals surface area contributed by atoms with Crippen molar-refractivity contribution >= 4 is 39.9 Å². The van der Waals surface area contributed by atoms with Gasteiger partial charge in [0, 0.05) is 11.9 Å². The average molecular weight is 452 g/mol. The van der Waals surface area contributed by atoms with Crippen LogP contribution in [0, 0.1) is 6.92 Å². The molecule has 1 saturated carbocycles. The van der Waals surface area contributed by atoms with E-state index in [1.807, 2.05) is 30.5 Å². The summed E-state index contributed by atoms with van der Waals surface area (Å²) in [5, 5.41) is 11.5. The molecule has 168 valence electrons. The Balaban J connectivity index is 1.59. The van der Waals surface area contributed by atoms with Crippen LogP contribution in [0.5, 0.6) is 0 Å². The molecule has 1 amide bonds. The minimum atomic E-state index is -0.282. The number of rotatable bonds is 7. The number of aromatic nitrogens is 2. The summed E-state index contributed by atoms with van der Waals surface area (Å²) in [5.74, 6) is 0.612. The number of carbonyl (C=O) groups excluding carboxylic acids is 1. The van der Waals surface area contributed by atoms with Crippen LogP contribution in [0.1, 0.15) is 47.4 Å². The van der Waals surface area contributed by atoms with Crippen LogP contribution in [-0.2, 0) is 6.42 Å². The minimum absolute atomic E-state index is 0.0218. The summed E-state index contributed by atoms with van der Waals surface area (Å²) in [7, 11) is 0. The molecule has 32 heavy (non-hydrogen) atoms. The van der Waals surface area contributed by atoms with Crippen molar-refractivity contribution in [2.24, 2.45) is 16.5 Å². The van der Waals surface area contributed by atoms with Gasteiger partial charge in [-0.15, -0.1) is 0 Å². The summed E-state index contributed by atoms with van der Waals surface area (Å²) in [6.07, 6.45) is 4.79. The van der Waals surface area contributed by atoms with Crippen molar-refractivity contribution in [2.75, 3.05) is 11.9 Å². The number of nitrogens with one attached hydrogen (secondary N) is 2. The smallest absolute Gasteiger partial charge is 0.289 e. The third-order valence-corrected chi connectivity index (χ3v) is 6.43. The molecule has 1 aliphatic rings.